The molecule has 2 aromatic heterocycles. The monoisotopic (exact) mass is 305 g/mol. The number of aryl methyl sites for hydroxylation is 3. The summed E-state index contributed by atoms with van der Waals surface area (Å²) in [5.41, 5.74) is -0.443. The Bertz CT molecular complexity index is 715. The topological polar surface area (TPSA) is 81.8 Å². The molecule has 0 saturated carbocycles. The molecule has 2 aromatic rings. The van der Waals surface area contributed by atoms with Gasteiger partial charge < -0.3 is 0 Å². The summed E-state index contributed by atoms with van der Waals surface area (Å²) < 4.78 is 54.5. The molecular formula is C10H13F2N5O2S. The van der Waals surface area contributed by atoms with Crippen LogP contribution < -0.4 is 4.72 Å². The summed E-state index contributed by atoms with van der Waals surface area (Å²) >= 11 is 0. The summed E-state index contributed by atoms with van der Waals surface area (Å²) in [4.78, 5) is 0. The largest absolute Gasteiger partial charge is 0.284 e. The molecule has 0 spiro atoms. The Labute approximate surface area is 114 Å². The summed E-state index contributed by atoms with van der Waals surface area (Å²) in [5, 5.41) is 7.27. The van der Waals surface area contributed by atoms with Crippen LogP contribution in [0.25, 0.3) is 0 Å². The molecule has 7 nitrogen and oxygen atoms in total. The summed E-state index contributed by atoms with van der Waals surface area (Å²) in [6, 6.07) is 0. The van der Waals surface area contributed by atoms with E-state index >= 15 is 0 Å². The predicted octanol–water partition coefficient (Wildman–Crippen LogP) is 1.20. The van der Waals surface area contributed by atoms with E-state index in [1.165, 1.54) is 26.5 Å². The van der Waals surface area contributed by atoms with Crippen molar-refractivity contribution in [2.45, 2.75) is 18.4 Å². The number of aromatic nitrogens is 4. The summed E-state index contributed by atoms with van der Waals surface area (Å²) in [7, 11) is -1.12. The number of nitrogens with one attached hydrogen (secondary N) is 1. The zero-order valence-corrected chi connectivity index (χ0v) is 11.8. The molecule has 0 bridgehead atoms. The second-order valence-corrected chi connectivity index (χ2v) is 5.86. The van der Waals surface area contributed by atoms with Crippen molar-refractivity contribution in [3.63, 3.8) is 0 Å². The Morgan fingerprint density at radius 1 is 1.35 bits per heavy atom. The Hall–Kier alpha value is -1.97. The first kappa shape index (κ1) is 14.4. The minimum absolute atomic E-state index is 0.0819. The van der Waals surface area contributed by atoms with E-state index < -0.39 is 22.1 Å². The molecule has 0 aliphatic rings. The van der Waals surface area contributed by atoms with Crippen LogP contribution in [-0.4, -0.2) is 28.0 Å². The Balaban J connectivity index is 2.44. The second kappa shape index (κ2) is 4.85. The fourth-order valence-corrected chi connectivity index (χ4v) is 3.28. The highest BCUT2D eigenvalue weighted by molar-refractivity contribution is 7.92. The van der Waals surface area contributed by atoms with Gasteiger partial charge in [-0.1, -0.05) is 0 Å². The summed E-state index contributed by atoms with van der Waals surface area (Å²) in [6.07, 6.45) is -0.308. The van der Waals surface area contributed by atoms with Crippen LogP contribution in [0.4, 0.5) is 14.5 Å². The van der Waals surface area contributed by atoms with Crippen molar-refractivity contribution >= 4 is 15.7 Å². The van der Waals surface area contributed by atoms with Crippen molar-refractivity contribution in [1.29, 1.82) is 0 Å². The number of hydrogen-bond donors (Lipinski definition) is 1. The third-order valence-electron chi connectivity index (χ3n) is 2.62. The Kier molecular flexibility index (Phi) is 3.50. The first-order valence-corrected chi connectivity index (χ1v) is 7.04. The lowest BCUT2D eigenvalue weighted by Gasteiger charge is -2.08. The van der Waals surface area contributed by atoms with Gasteiger partial charge in [0.25, 0.3) is 16.4 Å². The number of nitrogens with zero attached hydrogens (tertiary/aromatic N) is 4. The highest BCUT2D eigenvalue weighted by Crippen LogP contribution is 2.27. The molecule has 0 aromatic carbocycles. The second-order valence-electron chi connectivity index (χ2n) is 4.26. The molecule has 0 saturated heterocycles. The van der Waals surface area contributed by atoms with Crippen LogP contribution >= 0.6 is 0 Å². The average Bonchev–Trinajstić information content (AvgIpc) is 2.82. The number of halogens is 2. The minimum Gasteiger partial charge on any atom is -0.275 e. The van der Waals surface area contributed by atoms with Crippen molar-refractivity contribution in [3.05, 3.63) is 23.7 Å². The maximum atomic E-state index is 12.8. The van der Waals surface area contributed by atoms with Gasteiger partial charge in [-0.15, -0.1) is 0 Å². The molecule has 2 rings (SSSR count). The quantitative estimate of drug-likeness (QED) is 0.920. The van der Waals surface area contributed by atoms with Gasteiger partial charge in [0.2, 0.25) is 0 Å². The van der Waals surface area contributed by atoms with Crippen LogP contribution in [0.3, 0.4) is 0 Å². The van der Waals surface area contributed by atoms with E-state index in [4.69, 9.17) is 0 Å². The van der Waals surface area contributed by atoms with Crippen LogP contribution in [0.2, 0.25) is 0 Å². The van der Waals surface area contributed by atoms with E-state index in [1.54, 1.807) is 6.92 Å². The van der Waals surface area contributed by atoms with Gasteiger partial charge in [0.1, 0.15) is 0 Å². The lowest BCUT2D eigenvalue weighted by molar-refractivity contribution is 0.146. The fraction of sp³-hybridized carbons (Fsp3) is 0.400. The predicted molar refractivity (Wildman–Crippen MR) is 66.9 cm³/mol. The lowest BCUT2D eigenvalue weighted by Crippen LogP contribution is -2.18. The van der Waals surface area contributed by atoms with E-state index in [2.05, 4.69) is 14.9 Å². The number of rotatable bonds is 4. The van der Waals surface area contributed by atoms with Crippen LogP contribution in [0, 0.1) is 6.92 Å². The Morgan fingerprint density at radius 2 is 2.00 bits per heavy atom. The number of anilines is 1. The lowest BCUT2D eigenvalue weighted by atomic mass is 10.4. The number of sulfonamides is 1. The van der Waals surface area contributed by atoms with Gasteiger partial charge in [0.05, 0.1) is 11.9 Å². The summed E-state index contributed by atoms with van der Waals surface area (Å²) in [5.74, 6) is 0. The van der Waals surface area contributed by atoms with Crippen molar-refractivity contribution in [2.75, 3.05) is 4.72 Å². The molecule has 0 aliphatic heterocycles. The molecule has 0 fully saturated rings. The van der Waals surface area contributed by atoms with Gasteiger partial charge in [0, 0.05) is 25.9 Å². The van der Waals surface area contributed by atoms with Crippen molar-refractivity contribution in [1.82, 2.24) is 19.6 Å². The van der Waals surface area contributed by atoms with Crippen LogP contribution in [0.15, 0.2) is 17.4 Å². The van der Waals surface area contributed by atoms with E-state index in [0.717, 1.165) is 9.36 Å². The summed E-state index contributed by atoms with van der Waals surface area (Å²) in [6.45, 7) is 1.57. The zero-order chi connectivity index (χ0) is 15.1. The van der Waals surface area contributed by atoms with E-state index in [-0.39, 0.29) is 10.7 Å². The first-order chi connectivity index (χ1) is 9.22. The average molecular weight is 305 g/mol. The molecule has 0 amide bonds. The highest BCUT2D eigenvalue weighted by Gasteiger charge is 2.26. The van der Waals surface area contributed by atoms with Crippen LogP contribution in [0.5, 0.6) is 0 Å². The van der Waals surface area contributed by atoms with Crippen molar-refractivity contribution in [3.8, 4) is 0 Å². The maximum Gasteiger partial charge on any atom is 0.284 e. The fourth-order valence-electron chi connectivity index (χ4n) is 1.86. The smallest absolute Gasteiger partial charge is 0.275 e. The molecule has 1 N–H and O–H groups in total. The van der Waals surface area contributed by atoms with Crippen LogP contribution in [0.1, 0.15) is 17.7 Å². The van der Waals surface area contributed by atoms with Crippen LogP contribution in [-0.2, 0) is 24.1 Å². The van der Waals surface area contributed by atoms with Gasteiger partial charge in [-0.2, -0.15) is 18.6 Å². The van der Waals surface area contributed by atoms with Gasteiger partial charge in [-0.05, 0) is 6.92 Å². The molecule has 0 atom stereocenters. The molecule has 0 unspecified atom stereocenters. The third-order valence-corrected chi connectivity index (χ3v) is 4.20. The molecule has 0 radical (unpaired) electrons. The molecule has 20 heavy (non-hydrogen) atoms. The number of hydrogen-bond acceptors (Lipinski definition) is 4. The third kappa shape index (κ3) is 2.50. The Morgan fingerprint density at radius 3 is 2.50 bits per heavy atom. The first-order valence-electron chi connectivity index (χ1n) is 5.55. The van der Waals surface area contributed by atoms with Gasteiger partial charge in [-0.3, -0.25) is 14.1 Å². The molecule has 0 aliphatic carbocycles. The SMILES string of the molecule is Cc1cnn(C)c1S(=O)(=O)Nc1cn(C)nc1C(F)F. The molecule has 2 heterocycles. The molecule has 10 heteroatoms. The van der Waals surface area contributed by atoms with Crippen molar-refractivity contribution < 1.29 is 17.2 Å². The molecule has 110 valence electrons. The van der Waals surface area contributed by atoms with E-state index in [0.29, 0.717) is 5.56 Å². The standard InChI is InChI=1S/C10H13F2N5O2S/c1-6-4-13-17(3)10(6)20(18,19)15-7-5-16(2)14-8(7)9(11)12/h4-5,9,15H,1-3H3. The van der Waals surface area contributed by atoms with E-state index in [1.807, 2.05) is 0 Å². The minimum atomic E-state index is -4.01. The zero-order valence-electron chi connectivity index (χ0n) is 11.0. The van der Waals surface area contributed by atoms with Gasteiger partial charge >= 0.3 is 0 Å². The van der Waals surface area contributed by atoms with Crippen molar-refractivity contribution in [2.24, 2.45) is 14.1 Å². The van der Waals surface area contributed by atoms with Gasteiger partial charge in [0.15, 0.2) is 10.7 Å². The number of alkyl halides is 2. The highest BCUT2D eigenvalue weighted by atomic mass is 32.2. The maximum absolute atomic E-state index is 12.8. The molecular weight excluding hydrogens is 292 g/mol. The normalized spacial score (nSPS) is 12.1. The van der Waals surface area contributed by atoms with Gasteiger partial charge in [-0.25, -0.2) is 8.78 Å². The van der Waals surface area contributed by atoms with E-state index in [9.17, 15) is 17.2 Å².